The number of hydrogen-bond acceptors (Lipinski definition) is 4. The second kappa shape index (κ2) is 6.20. The van der Waals surface area contributed by atoms with Crippen LogP contribution in [0.1, 0.15) is 19.3 Å². The van der Waals surface area contributed by atoms with Crippen LogP contribution in [0.4, 0.5) is 0 Å². The molecule has 0 aromatic rings. The van der Waals surface area contributed by atoms with Gasteiger partial charge >= 0.3 is 5.97 Å². The maximum atomic E-state index is 10.9. The Balaban J connectivity index is 3.97. The minimum absolute atomic E-state index is 0.133. The average Bonchev–Trinajstić information content (AvgIpc) is 2.12. The first kappa shape index (κ1) is 13.7. The van der Waals surface area contributed by atoms with Crippen LogP contribution in [0.2, 0.25) is 0 Å². The van der Waals surface area contributed by atoms with Gasteiger partial charge in [-0.05, 0) is 25.8 Å². The summed E-state index contributed by atoms with van der Waals surface area (Å²) in [5, 5.41) is 18.4. The number of carbonyl (C=O) groups is 1. The molecule has 0 aliphatic rings. The summed E-state index contributed by atoms with van der Waals surface area (Å²) in [4.78, 5) is 10.9. The summed E-state index contributed by atoms with van der Waals surface area (Å²) in [5.74, 6) is -1.18. The second-order valence-electron chi connectivity index (χ2n) is 3.44. The summed E-state index contributed by atoms with van der Waals surface area (Å²) in [6, 6.07) is 0. The van der Waals surface area contributed by atoms with Crippen LogP contribution in [-0.2, 0) is 4.79 Å². The van der Waals surface area contributed by atoms with Crippen molar-refractivity contribution in [3.05, 3.63) is 0 Å². The van der Waals surface area contributed by atoms with Crippen molar-refractivity contribution in [1.82, 2.24) is 5.32 Å². The smallest absolute Gasteiger partial charge is 0.323 e. The predicted octanol–water partition coefficient (Wildman–Crippen LogP) is -1.62. The van der Waals surface area contributed by atoms with Gasteiger partial charge in [0.2, 0.25) is 0 Å². The summed E-state index contributed by atoms with van der Waals surface area (Å²) in [5.41, 5.74) is 14.8. The van der Waals surface area contributed by atoms with Crippen LogP contribution < -0.4 is 22.5 Å². The van der Waals surface area contributed by atoms with Crippen molar-refractivity contribution >= 4 is 11.9 Å². The molecule has 0 bridgehead atoms. The standard InChI is InChI=1S/C8H19N5O2/c9-4-3-8(12,6(14)15)2-1-5-13-7(10)11/h1-5,9,12H2,(H,14,15)(H4,10,11,13). The van der Waals surface area contributed by atoms with Gasteiger partial charge in [-0.2, -0.15) is 0 Å². The molecule has 15 heavy (non-hydrogen) atoms. The van der Waals surface area contributed by atoms with Gasteiger partial charge in [0, 0.05) is 6.54 Å². The summed E-state index contributed by atoms with van der Waals surface area (Å²) in [6.07, 6.45) is 1.07. The molecular formula is C8H19N5O2. The quantitative estimate of drug-likeness (QED) is 0.171. The van der Waals surface area contributed by atoms with E-state index in [1.807, 2.05) is 0 Å². The normalized spacial score (nSPS) is 14.3. The Bertz CT molecular complexity index is 233. The van der Waals surface area contributed by atoms with Crippen LogP contribution in [0.3, 0.4) is 0 Å². The third-order valence-corrected chi connectivity index (χ3v) is 2.13. The van der Waals surface area contributed by atoms with Gasteiger partial charge in [-0.3, -0.25) is 10.2 Å². The van der Waals surface area contributed by atoms with Crippen molar-refractivity contribution in [3.8, 4) is 0 Å². The number of nitrogens with two attached hydrogens (primary N) is 3. The zero-order valence-electron chi connectivity index (χ0n) is 8.62. The van der Waals surface area contributed by atoms with Gasteiger partial charge in [0.25, 0.3) is 0 Å². The molecule has 0 saturated heterocycles. The molecule has 0 saturated carbocycles. The van der Waals surface area contributed by atoms with Gasteiger partial charge in [0.05, 0.1) is 0 Å². The fourth-order valence-electron chi connectivity index (χ4n) is 1.22. The highest BCUT2D eigenvalue weighted by Crippen LogP contribution is 2.13. The van der Waals surface area contributed by atoms with E-state index in [1.54, 1.807) is 0 Å². The summed E-state index contributed by atoms with van der Waals surface area (Å²) in [6.45, 7) is 0.676. The maximum Gasteiger partial charge on any atom is 0.323 e. The molecule has 0 aliphatic heterocycles. The number of rotatable bonds is 7. The lowest BCUT2D eigenvalue weighted by Crippen LogP contribution is -2.49. The van der Waals surface area contributed by atoms with E-state index in [0.717, 1.165) is 0 Å². The number of nitrogens with one attached hydrogen (secondary N) is 2. The second-order valence-corrected chi connectivity index (χ2v) is 3.44. The fourth-order valence-corrected chi connectivity index (χ4v) is 1.22. The van der Waals surface area contributed by atoms with Crippen molar-refractivity contribution in [2.24, 2.45) is 17.2 Å². The van der Waals surface area contributed by atoms with Gasteiger partial charge in [-0.25, -0.2) is 0 Å². The highest BCUT2D eigenvalue weighted by molar-refractivity contribution is 5.78. The average molecular weight is 217 g/mol. The molecule has 88 valence electrons. The van der Waals surface area contributed by atoms with E-state index in [4.69, 9.17) is 27.7 Å². The summed E-state index contributed by atoms with van der Waals surface area (Å²) >= 11 is 0. The minimum Gasteiger partial charge on any atom is -0.480 e. The number of hydrogen-bond donors (Lipinski definition) is 6. The first-order chi connectivity index (χ1) is 6.92. The van der Waals surface area contributed by atoms with Crippen LogP contribution in [0.15, 0.2) is 0 Å². The molecule has 7 heteroatoms. The van der Waals surface area contributed by atoms with E-state index < -0.39 is 11.5 Å². The molecule has 0 aromatic heterocycles. The molecule has 0 aromatic carbocycles. The molecule has 0 radical (unpaired) electrons. The Morgan fingerprint density at radius 3 is 2.47 bits per heavy atom. The molecule has 9 N–H and O–H groups in total. The highest BCUT2D eigenvalue weighted by atomic mass is 16.4. The zero-order valence-corrected chi connectivity index (χ0v) is 8.62. The van der Waals surface area contributed by atoms with Crippen LogP contribution in [-0.4, -0.2) is 35.7 Å². The van der Waals surface area contributed by atoms with Crippen LogP contribution >= 0.6 is 0 Å². The molecule has 1 atom stereocenters. The fraction of sp³-hybridized carbons (Fsp3) is 0.750. The molecule has 0 amide bonds. The number of carboxylic acids is 1. The number of carboxylic acid groups (broad SMARTS) is 1. The Morgan fingerprint density at radius 1 is 1.47 bits per heavy atom. The molecule has 0 fully saturated rings. The topological polar surface area (TPSA) is 151 Å². The minimum atomic E-state index is -1.27. The third-order valence-electron chi connectivity index (χ3n) is 2.13. The Morgan fingerprint density at radius 2 is 2.07 bits per heavy atom. The van der Waals surface area contributed by atoms with Crippen molar-refractivity contribution in [1.29, 1.82) is 5.41 Å². The van der Waals surface area contributed by atoms with Gasteiger partial charge in [-0.15, -0.1) is 0 Å². The van der Waals surface area contributed by atoms with Crippen molar-refractivity contribution in [2.75, 3.05) is 13.1 Å². The Kier molecular flexibility index (Phi) is 5.65. The van der Waals surface area contributed by atoms with E-state index in [0.29, 0.717) is 19.4 Å². The third kappa shape index (κ3) is 5.18. The summed E-state index contributed by atoms with van der Waals surface area (Å²) in [7, 11) is 0. The van der Waals surface area contributed by atoms with Crippen molar-refractivity contribution in [2.45, 2.75) is 24.8 Å². The van der Waals surface area contributed by atoms with E-state index in [9.17, 15) is 4.79 Å². The van der Waals surface area contributed by atoms with Gasteiger partial charge < -0.3 is 27.6 Å². The van der Waals surface area contributed by atoms with Crippen molar-refractivity contribution in [3.63, 3.8) is 0 Å². The number of aliphatic carboxylic acids is 1. The molecule has 0 heterocycles. The molecule has 7 nitrogen and oxygen atoms in total. The monoisotopic (exact) mass is 217 g/mol. The van der Waals surface area contributed by atoms with Crippen molar-refractivity contribution < 1.29 is 9.90 Å². The Hall–Kier alpha value is -1.34. The lowest BCUT2D eigenvalue weighted by Gasteiger charge is -2.23. The number of guanidine groups is 1. The lowest BCUT2D eigenvalue weighted by molar-refractivity contribution is -0.143. The van der Waals surface area contributed by atoms with Crippen LogP contribution in [0.25, 0.3) is 0 Å². The zero-order chi connectivity index (χ0) is 11.9. The van der Waals surface area contributed by atoms with Crippen LogP contribution in [0, 0.1) is 5.41 Å². The Labute approximate surface area is 88.5 Å². The van der Waals surface area contributed by atoms with Gasteiger partial charge in [-0.1, -0.05) is 0 Å². The highest BCUT2D eigenvalue weighted by Gasteiger charge is 2.32. The molecule has 0 spiro atoms. The van der Waals surface area contributed by atoms with Gasteiger partial charge in [0.1, 0.15) is 5.54 Å². The molecule has 0 aliphatic carbocycles. The van der Waals surface area contributed by atoms with Crippen LogP contribution in [0.5, 0.6) is 0 Å². The molecule has 0 rings (SSSR count). The van der Waals surface area contributed by atoms with E-state index in [-0.39, 0.29) is 18.9 Å². The maximum absolute atomic E-state index is 10.9. The SMILES string of the molecule is N=C(N)NCCCC(N)(CCN)C(=O)O. The predicted molar refractivity (Wildman–Crippen MR) is 57.4 cm³/mol. The van der Waals surface area contributed by atoms with Gasteiger partial charge in [0.15, 0.2) is 5.96 Å². The van der Waals surface area contributed by atoms with E-state index >= 15 is 0 Å². The first-order valence-corrected chi connectivity index (χ1v) is 4.72. The van der Waals surface area contributed by atoms with E-state index in [1.165, 1.54) is 0 Å². The first-order valence-electron chi connectivity index (χ1n) is 4.72. The summed E-state index contributed by atoms with van der Waals surface area (Å²) < 4.78 is 0. The largest absolute Gasteiger partial charge is 0.480 e. The molecular weight excluding hydrogens is 198 g/mol. The lowest BCUT2D eigenvalue weighted by atomic mass is 9.91. The molecule has 1 unspecified atom stereocenters. The van der Waals surface area contributed by atoms with E-state index in [2.05, 4.69) is 5.32 Å².